The number of amides is 1. The van der Waals surface area contributed by atoms with E-state index in [0.717, 1.165) is 0 Å². The molecule has 1 rings (SSSR count). The maximum absolute atomic E-state index is 11.6. The Balaban J connectivity index is 2.36. The second kappa shape index (κ2) is 6.88. The molecular formula is C14H21N3O3. The molecule has 0 aliphatic rings. The molecule has 1 aromatic carbocycles. The van der Waals surface area contributed by atoms with Crippen LogP contribution in [0.25, 0.3) is 0 Å². The number of para-hydroxylation sites is 2. The molecule has 0 aliphatic heterocycles. The van der Waals surface area contributed by atoms with E-state index < -0.39 is 10.3 Å². The number of nitrogens with one attached hydrogen (secondary N) is 2. The van der Waals surface area contributed by atoms with Gasteiger partial charge in [0, 0.05) is 24.6 Å². The Morgan fingerprint density at radius 3 is 2.50 bits per heavy atom. The Hall–Kier alpha value is -2.11. The minimum Gasteiger partial charge on any atom is -0.379 e. The largest absolute Gasteiger partial charge is 0.379 e. The van der Waals surface area contributed by atoms with E-state index in [-0.39, 0.29) is 11.6 Å². The average molecular weight is 279 g/mol. The van der Waals surface area contributed by atoms with E-state index in [1.54, 1.807) is 18.2 Å². The molecule has 0 aliphatic carbocycles. The lowest BCUT2D eigenvalue weighted by Crippen LogP contribution is -2.35. The van der Waals surface area contributed by atoms with E-state index in [4.69, 9.17) is 0 Å². The molecule has 0 bridgehead atoms. The summed E-state index contributed by atoms with van der Waals surface area (Å²) < 4.78 is 0. The normalized spacial score (nSPS) is 10.9. The summed E-state index contributed by atoms with van der Waals surface area (Å²) in [5.74, 6) is 0.00296. The molecule has 0 radical (unpaired) electrons. The van der Waals surface area contributed by atoms with E-state index in [1.807, 2.05) is 20.8 Å². The zero-order valence-electron chi connectivity index (χ0n) is 12.1. The molecule has 0 atom stereocenters. The maximum atomic E-state index is 11.6. The molecule has 110 valence electrons. The number of nitro groups is 1. The summed E-state index contributed by atoms with van der Waals surface area (Å²) in [6.45, 7) is 6.68. The predicted octanol–water partition coefficient (Wildman–Crippen LogP) is 2.56. The summed E-state index contributed by atoms with van der Waals surface area (Å²) in [6, 6.07) is 6.51. The molecule has 0 saturated carbocycles. The number of carbonyl (C=O) groups is 1. The first-order chi connectivity index (χ1) is 9.32. The molecule has 20 heavy (non-hydrogen) atoms. The van der Waals surface area contributed by atoms with Gasteiger partial charge in [-0.05, 0) is 12.5 Å². The summed E-state index contributed by atoms with van der Waals surface area (Å²) in [6.07, 6.45) is 0.702. The van der Waals surface area contributed by atoms with Crippen molar-refractivity contribution in [3.05, 3.63) is 34.4 Å². The molecule has 1 amide bonds. The minimum atomic E-state index is -0.413. The fourth-order valence-corrected chi connectivity index (χ4v) is 1.56. The van der Waals surface area contributed by atoms with Crippen molar-refractivity contribution in [2.24, 2.45) is 5.41 Å². The second-order valence-electron chi connectivity index (χ2n) is 5.56. The van der Waals surface area contributed by atoms with Crippen molar-refractivity contribution < 1.29 is 9.72 Å². The van der Waals surface area contributed by atoms with Crippen molar-refractivity contribution in [2.45, 2.75) is 27.2 Å². The Bertz CT molecular complexity index is 481. The topological polar surface area (TPSA) is 84.3 Å². The van der Waals surface area contributed by atoms with Crippen LogP contribution in [0, 0.1) is 15.5 Å². The fraction of sp³-hybridized carbons (Fsp3) is 0.500. The highest BCUT2D eigenvalue weighted by atomic mass is 16.6. The van der Waals surface area contributed by atoms with E-state index in [0.29, 0.717) is 25.2 Å². The van der Waals surface area contributed by atoms with Crippen LogP contribution >= 0.6 is 0 Å². The van der Waals surface area contributed by atoms with Crippen molar-refractivity contribution >= 4 is 17.3 Å². The molecule has 0 heterocycles. The van der Waals surface area contributed by atoms with Crippen molar-refractivity contribution in [1.29, 1.82) is 0 Å². The number of carbonyl (C=O) groups excluding carboxylic acids is 1. The lowest BCUT2D eigenvalue weighted by Gasteiger charge is -2.17. The molecule has 0 fully saturated rings. The summed E-state index contributed by atoms with van der Waals surface area (Å²) in [7, 11) is 0. The van der Waals surface area contributed by atoms with Gasteiger partial charge >= 0.3 is 0 Å². The molecule has 0 saturated heterocycles. The third kappa shape index (κ3) is 4.87. The monoisotopic (exact) mass is 279 g/mol. The number of nitrogens with zero attached hydrogens (tertiary/aromatic N) is 1. The standard InChI is InChI=1S/C14H21N3O3/c1-14(2,3)13(18)16-10-6-9-15-11-7-4-5-8-12(11)17(19)20/h4-5,7-8,15H,6,9-10H2,1-3H3,(H,16,18). The number of nitro benzene ring substituents is 1. The van der Waals surface area contributed by atoms with Crippen LogP contribution in [0.4, 0.5) is 11.4 Å². The van der Waals surface area contributed by atoms with Gasteiger partial charge in [0.05, 0.1) is 4.92 Å². The number of hydrogen-bond acceptors (Lipinski definition) is 4. The second-order valence-corrected chi connectivity index (χ2v) is 5.56. The third-order valence-electron chi connectivity index (χ3n) is 2.74. The Morgan fingerprint density at radius 1 is 1.25 bits per heavy atom. The highest BCUT2D eigenvalue weighted by Gasteiger charge is 2.20. The first-order valence-electron chi connectivity index (χ1n) is 6.58. The van der Waals surface area contributed by atoms with Gasteiger partial charge < -0.3 is 10.6 Å². The highest BCUT2D eigenvalue weighted by Crippen LogP contribution is 2.22. The van der Waals surface area contributed by atoms with E-state index in [9.17, 15) is 14.9 Å². The highest BCUT2D eigenvalue weighted by molar-refractivity contribution is 5.81. The van der Waals surface area contributed by atoms with Crippen LogP contribution in [0.15, 0.2) is 24.3 Å². The minimum absolute atomic E-state index is 0.00296. The van der Waals surface area contributed by atoms with Crippen molar-refractivity contribution in [3.63, 3.8) is 0 Å². The first kappa shape index (κ1) is 15.9. The molecule has 2 N–H and O–H groups in total. The van der Waals surface area contributed by atoms with Gasteiger partial charge in [0.1, 0.15) is 5.69 Å². The molecule has 1 aromatic rings. The lowest BCUT2D eigenvalue weighted by molar-refractivity contribution is -0.384. The predicted molar refractivity (Wildman–Crippen MR) is 78.7 cm³/mol. The van der Waals surface area contributed by atoms with Gasteiger partial charge in [0.2, 0.25) is 5.91 Å². The molecule has 0 aromatic heterocycles. The van der Waals surface area contributed by atoms with Crippen molar-refractivity contribution in [3.8, 4) is 0 Å². The number of hydrogen-bond donors (Lipinski definition) is 2. The van der Waals surface area contributed by atoms with Crippen molar-refractivity contribution in [2.75, 3.05) is 18.4 Å². The quantitative estimate of drug-likeness (QED) is 0.476. The van der Waals surface area contributed by atoms with Gasteiger partial charge in [0.25, 0.3) is 5.69 Å². The smallest absolute Gasteiger partial charge is 0.292 e. The van der Waals surface area contributed by atoms with Crippen LogP contribution in [-0.4, -0.2) is 23.9 Å². The van der Waals surface area contributed by atoms with Crippen LogP contribution in [0.3, 0.4) is 0 Å². The van der Waals surface area contributed by atoms with Gasteiger partial charge in [-0.1, -0.05) is 32.9 Å². The number of benzene rings is 1. The Morgan fingerprint density at radius 2 is 1.90 bits per heavy atom. The first-order valence-corrected chi connectivity index (χ1v) is 6.58. The van der Waals surface area contributed by atoms with Crippen LogP contribution in [0.1, 0.15) is 27.2 Å². The summed E-state index contributed by atoms with van der Waals surface area (Å²) in [5, 5.41) is 16.7. The molecule has 6 nitrogen and oxygen atoms in total. The van der Waals surface area contributed by atoms with Gasteiger partial charge in [-0.2, -0.15) is 0 Å². The number of anilines is 1. The maximum Gasteiger partial charge on any atom is 0.292 e. The number of rotatable bonds is 6. The lowest BCUT2D eigenvalue weighted by atomic mass is 9.96. The summed E-state index contributed by atoms with van der Waals surface area (Å²) in [5.41, 5.74) is 0.164. The van der Waals surface area contributed by atoms with Gasteiger partial charge in [0.15, 0.2) is 0 Å². The van der Waals surface area contributed by atoms with E-state index >= 15 is 0 Å². The summed E-state index contributed by atoms with van der Waals surface area (Å²) >= 11 is 0. The van der Waals surface area contributed by atoms with Crippen molar-refractivity contribution in [1.82, 2.24) is 5.32 Å². The van der Waals surface area contributed by atoms with Gasteiger partial charge in [-0.3, -0.25) is 14.9 Å². The van der Waals surface area contributed by atoms with Crippen LogP contribution < -0.4 is 10.6 Å². The molecular weight excluding hydrogens is 258 g/mol. The molecule has 0 unspecified atom stereocenters. The fourth-order valence-electron chi connectivity index (χ4n) is 1.56. The van der Waals surface area contributed by atoms with Crippen LogP contribution in [-0.2, 0) is 4.79 Å². The Kier molecular flexibility index (Phi) is 5.49. The third-order valence-corrected chi connectivity index (χ3v) is 2.74. The average Bonchev–Trinajstić information content (AvgIpc) is 2.37. The molecule has 0 spiro atoms. The SMILES string of the molecule is CC(C)(C)C(=O)NCCCNc1ccccc1[N+](=O)[O-]. The zero-order chi connectivity index (χ0) is 15.2. The van der Waals surface area contributed by atoms with E-state index in [2.05, 4.69) is 10.6 Å². The van der Waals surface area contributed by atoms with Gasteiger partial charge in [-0.25, -0.2) is 0 Å². The zero-order valence-corrected chi connectivity index (χ0v) is 12.1. The van der Waals surface area contributed by atoms with Gasteiger partial charge in [-0.15, -0.1) is 0 Å². The van der Waals surface area contributed by atoms with E-state index in [1.165, 1.54) is 6.07 Å². The van der Waals surface area contributed by atoms with Crippen LogP contribution in [0.2, 0.25) is 0 Å². The summed E-state index contributed by atoms with van der Waals surface area (Å²) in [4.78, 5) is 22.0. The Labute approximate surface area is 118 Å². The van der Waals surface area contributed by atoms with Crippen LogP contribution in [0.5, 0.6) is 0 Å². The molecule has 6 heteroatoms.